The average Bonchev–Trinajstić information content (AvgIpc) is 2.49. The number of benzene rings is 1. The molecule has 2 rings (SSSR count). The molecule has 1 aliphatic rings. The van der Waals surface area contributed by atoms with Gasteiger partial charge in [0.1, 0.15) is 5.75 Å². The van der Waals surface area contributed by atoms with Crippen molar-refractivity contribution in [2.75, 3.05) is 31.2 Å². The summed E-state index contributed by atoms with van der Waals surface area (Å²) < 4.78 is 5.75. The van der Waals surface area contributed by atoms with Crippen molar-refractivity contribution in [1.82, 2.24) is 5.32 Å². The fraction of sp³-hybridized carbons (Fsp3) is 0.500. The molecule has 2 nitrogen and oxygen atoms in total. The molecule has 0 saturated carbocycles. The largest absolute Gasteiger partial charge is 0.494 e. The van der Waals surface area contributed by atoms with Crippen molar-refractivity contribution in [3.8, 4) is 5.75 Å². The summed E-state index contributed by atoms with van der Waals surface area (Å²) in [5.74, 6) is 3.37. The molecule has 1 heterocycles. The summed E-state index contributed by atoms with van der Waals surface area (Å²) in [6, 6.07) is 8.52. The molecule has 1 aromatic carbocycles. The van der Waals surface area contributed by atoms with Crippen LogP contribution >= 0.6 is 11.8 Å². The first-order chi connectivity index (χ1) is 9.40. The lowest BCUT2D eigenvalue weighted by atomic mass is 10.0. The van der Waals surface area contributed by atoms with E-state index >= 15 is 0 Å². The Morgan fingerprint density at radius 1 is 1.26 bits per heavy atom. The highest BCUT2D eigenvalue weighted by molar-refractivity contribution is 7.99. The highest BCUT2D eigenvalue weighted by Crippen LogP contribution is 2.22. The first kappa shape index (κ1) is 14.5. The summed E-state index contributed by atoms with van der Waals surface area (Å²) in [6.07, 6.45) is 4.52. The number of thioether (sulfide) groups is 1. The molecular weight excluding hydrogens is 254 g/mol. The minimum Gasteiger partial charge on any atom is -0.494 e. The van der Waals surface area contributed by atoms with Gasteiger partial charge >= 0.3 is 0 Å². The Morgan fingerprint density at radius 3 is 2.79 bits per heavy atom. The van der Waals surface area contributed by atoms with Crippen LogP contribution in [0.25, 0.3) is 5.57 Å². The van der Waals surface area contributed by atoms with Crippen LogP contribution in [0, 0.1) is 0 Å². The standard InChI is InChI=1S/C16H23NOS/c1-2-19-13-3-12-18-16-6-4-14(5-7-16)15-8-10-17-11-9-15/h4-8,17H,2-3,9-13H2,1H3. The molecule has 0 unspecified atom stereocenters. The summed E-state index contributed by atoms with van der Waals surface area (Å²) >= 11 is 1.97. The van der Waals surface area contributed by atoms with E-state index in [0.717, 1.165) is 38.3 Å². The molecule has 19 heavy (non-hydrogen) atoms. The number of hydrogen-bond donors (Lipinski definition) is 1. The Bertz CT molecular complexity index is 400. The zero-order valence-corrected chi connectivity index (χ0v) is 12.5. The Labute approximate surface area is 120 Å². The second kappa shape index (κ2) is 8.28. The van der Waals surface area contributed by atoms with E-state index < -0.39 is 0 Å². The van der Waals surface area contributed by atoms with Crippen molar-refractivity contribution in [2.45, 2.75) is 19.8 Å². The third kappa shape index (κ3) is 4.92. The lowest BCUT2D eigenvalue weighted by Gasteiger charge is -2.14. The van der Waals surface area contributed by atoms with Gasteiger partial charge in [0.15, 0.2) is 0 Å². The van der Waals surface area contributed by atoms with Gasteiger partial charge in [-0.1, -0.05) is 25.1 Å². The Kier molecular flexibility index (Phi) is 6.31. The maximum atomic E-state index is 5.75. The normalized spacial score (nSPS) is 15.1. The molecule has 0 bridgehead atoms. The van der Waals surface area contributed by atoms with E-state index in [1.165, 1.54) is 22.6 Å². The number of hydrogen-bond acceptors (Lipinski definition) is 3. The minimum absolute atomic E-state index is 0.818. The van der Waals surface area contributed by atoms with E-state index in [1.54, 1.807) is 0 Å². The van der Waals surface area contributed by atoms with Crippen LogP contribution in [0.4, 0.5) is 0 Å². The van der Waals surface area contributed by atoms with Crippen LogP contribution in [0.1, 0.15) is 25.3 Å². The van der Waals surface area contributed by atoms with E-state index in [4.69, 9.17) is 4.74 Å². The van der Waals surface area contributed by atoms with E-state index in [2.05, 4.69) is 42.6 Å². The molecule has 0 aliphatic carbocycles. The van der Waals surface area contributed by atoms with E-state index in [-0.39, 0.29) is 0 Å². The van der Waals surface area contributed by atoms with Crippen molar-refractivity contribution in [3.63, 3.8) is 0 Å². The molecule has 0 radical (unpaired) electrons. The van der Waals surface area contributed by atoms with Crippen molar-refractivity contribution < 1.29 is 4.74 Å². The number of nitrogens with one attached hydrogen (secondary N) is 1. The lowest BCUT2D eigenvalue weighted by molar-refractivity contribution is 0.318. The molecule has 0 fully saturated rings. The lowest BCUT2D eigenvalue weighted by Crippen LogP contribution is -2.19. The maximum Gasteiger partial charge on any atom is 0.119 e. The first-order valence-electron chi connectivity index (χ1n) is 7.11. The topological polar surface area (TPSA) is 21.3 Å². The summed E-state index contributed by atoms with van der Waals surface area (Å²) in [5, 5.41) is 3.34. The Morgan fingerprint density at radius 2 is 2.11 bits per heavy atom. The summed E-state index contributed by atoms with van der Waals surface area (Å²) in [4.78, 5) is 0. The van der Waals surface area contributed by atoms with Crippen LogP contribution < -0.4 is 10.1 Å². The van der Waals surface area contributed by atoms with Crippen molar-refractivity contribution in [1.29, 1.82) is 0 Å². The third-order valence-electron chi connectivity index (χ3n) is 3.19. The molecule has 0 amide bonds. The fourth-order valence-corrected chi connectivity index (χ4v) is 2.76. The smallest absolute Gasteiger partial charge is 0.119 e. The Balaban J connectivity index is 1.79. The van der Waals surface area contributed by atoms with Gasteiger partial charge in [0, 0.05) is 6.54 Å². The molecule has 1 aliphatic heterocycles. The van der Waals surface area contributed by atoms with Crippen molar-refractivity contribution in [2.24, 2.45) is 0 Å². The average molecular weight is 277 g/mol. The second-order valence-electron chi connectivity index (χ2n) is 4.61. The number of ether oxygens (including phenoxy) is 1. The quantitative estimate of drug-likeness (QED) is 0.770. The fourth-order valence-electron chi connectivity index (χ4n) is 2.15. The van der Waals surface area contributed by atoms with Crippen LogP contribution in [0.2, 0.25) is 0 Å². The highest BCUT2D eigenvalue weighted by atomic mass is 32.2. The van der Waals surface area contributed by atoms with Crippen LogP contribution in [-0.2, 0) is 0 Å². The van der Waals surface area contributed by atoms with Crippen LogP contribution in [0.3, 0.4) is 0 Å². The predicted octanol–water partition coefficient (Wildman–Crippen LogP) is 3.59. The van der Waals surface area contributed by atoms with Gasteiger partial charge in [-0.2, -0.15) is 11.8 Å². The molecule has 1 aromatic rings. The summed E-state index contributed by atoms with van der Waals surface area (Å²) in [7, 11) is 0. The van der Waals surface area contributed by atoms with Crippen molar-refractivity contribution in [3.05, 3.63) is 35.9 Å². The molecule has 0 aromatic heterocycles. The highest BCUT2D eigenvalue weighted by Gasteiger charge is 2.05. The number of rotatable bonds is 7. The van der Waals surface area contributed by atoms with E-state index in [0.29, 0.717) is 0 Å². The van der Waals surface area contributed by atoms with Gasteiger partial charge in [-0.3, -0.25) is 0 Å². The molecular formula is C16H23NOS. The molecule has 104 valence electrons. The zero-order valence-electron chi connectivity index (χ0n) is 11.7. The molecule has 3 heteroatoms. The van der Waals surface area contributed by atoms with Gasteiger partial charge in [0.25, 0.3) is 0 Å². The summed E-state index contributed by atoms with van der Waals surface area (Å²) in [5.41, 5.74) is 2.78. The van der Waals surface area contributed by atoms with E-state index in [1.807, 2.05) is 11.8 Å². The molecule has 1 N–H and O–H groups in total. The SMILES string of the molecule is CCSCCCOc1ccc(C2=CCNCC2)cc1. The van der Waals surface area contributed by atoms with Gasteiger partial charge in [0.05, 0.1) is 6.61 Å². The molecule has 0 spiro atoms. The second-order valence-corrected chi connectivity index (χ2v) is 6.00. The monoisotopic (exact) mass is 277 g/mol. The summed E-state index contributed by atoms with van der Waals surface area (Å²) in [6.45, 7) is 5.08. The zero-order chi connectivity index (χ0) is 13.3. The van der Waals surface area contributed by atoms with Crippen LogP contribution in [0.5, 0.6) is 5.75 Å². The van der Waals surface area contributed by atoms with Gasteiger partial charge in [0.2, 0.25) is 0 Å². The minimum atomic E-state index is 0.818. The van der Waals surface area contributed by atoms with Gasteiger partial charge in [-0.25, -0.2) is 0 Å². The van der Waals surface area contributed by atoms with Crippen LogP contribution in [0.15, 0.2) is 30.3 Å². The van der Waals surface area contributed by atoms with Gasteiger partial charge < -0.3 is 10.1 Å². The first-order valence-corrected chi connectivity index (χ1v) is 8.26. The maximum absolute atomic E-state index is 5.75. The van der Waals surface area contributed by atoms with Crippen molar-refractivity contribution >= 4 is 17.3 Å². The van der Waals surface area contributed by atoms with E-state index in [9.17, 15) is 0 Å². The van der Waals surface area contributed by atoms with Gasteiger partial charge in [-0.15, -0.1) is 0 Å². The van der Waals surface area contributed by atoms with Gasteiger partial charge in [-0.05, 0) is 54.2 Å². The molecule has 0 atom stereocenters. The predicted molar refractivity (Wildman–Crippen MR) is 85.0 cm³/mol. The molecule has 0 saturated heterocycles. The third-order valence-corrected chi connectivity index (χ3v) is 4.18. The Hall–Kier alpha value is -0.930. The van der Waals surface area contributed by atoms with Crippen LogP contribution in [-0.4, -0.2) is 31.2 Å².